The Hall–Kier alpha value is -3.01. The molecule has 0 atom stereocenters. The van der Waals surface area contributed by atoms with E-state index in [2.05, 4.69) is 4.74 Å². The van der Waals surface area contributed by atoms with Gasteiger partial charge >= 0.3 is 16.1 Å². The molecule has 0 saturated heterocycles. The van der Waals surface area contributed by atoms with Crippen LogP contribution in [0.25, 0.3) is 6.08 Å². The zero-order chi connectivity index (χ0) is 20.2. The average molecular weight is 402 g/mol. The fraction of sp³-hybridized carbons (Fsp3) is 0.118. The van der Waals surface area contributed by atoms with Crippen molar-refractivity contribution in [1.29, 1.82) is 0 Å². The number of esters is 1. The first-order valence-corrected chi connectivity index (χ1v) is 8.62. The van der Waals surface area contributed by atoms with Crippen LogP contribution in [-0.4, -0.2) is 28.6 Å². The minimum Gasteiger partial charge on any atom is -0.493 e. The Balaban J connectivity index is 2.37. The molecule has 0 amide bonds. The van der Waals surface area contributed by atoms with Crippen LogP contribution in [0.2, 0.25) is 0 Å². The average Bonchev–Trinajstić information content (AvgIpc) is 2.64. The molecule has 0 saturated carbocycles. The lowest BCUT2D eigenvalue weighted by Gasteiger charge is -2.12. The monoisotopic (exact) mass is 402 g/mol. The van der Waals surface area contributed by atoms with Gasteiger partial charge in [-0.25, -0.2) is 18.0 Å². The zero-order valence-corrected chi connectivity index (χ0v) is 14.8. The summed E-state index contributed by atoms with van der Waals surface area (Å²) in [6.45, 7) is 0. The van der Waals surface area contributed by atoms with Gasteiger partial charge in [-0.05, 0) is 35.9 Å². The third-order valence-corrected chi connectivity index (χ3v) is 4.52. The van der Waals surface area contributed by atoms with Gasteiger partial charge < -0.3 is 13.7 Å². The van der Waals surface area contributed by atoms with Crippen LogP contribution in [0, 0.1) is 17.5 Å². The number of benzene rings is 2. The number of hydrogen-bond donors (Lipinski definition) is 0. The fourth-order valence-electron chi connectivity index (χ4n) is 1.95. The Morgan fingerprint density at radius 1 is 1.00 bits per heavy atom. The van der Waals surface area contributed by atoms with Crippen molar-refractivity contribution in [3.05, 3.63) is 59.4 Å². The third kappa shape index (κ3) is 4.59. The van der Waals surface area contributed by atoms with E-state index in [0.717, 1.165) is 6.08 Å². The molecule has 0 radical (unpaired) electrons. The molecule has 0 unspecified atom stereocenters. The van der Waals surface area contributed by atoms with Crippen molar-refractivity contribution in [3.63, 3.8) is 0 Å². The van der Waals surface area contributed by atoms with Crippen LogP contribution in [0.4, 0.5) is 13.2 Å². The Bertz CT molecular complexity index is 1000. The lowest BCUT2D eigenvalue weighted by atomic mass is 10.2. The van der Waals surface area contributed by atoms with Gasteiger partial charge in [0.2, 0.25) is 0 Å². The largest absolute Gasteiger partial charge is 0.493 e. The van der Waals surface area contributed by atoms with E-state index in [0.29, 0.717) is 17.7 Å². The van der Waals surface area contributed by atoms with Crippen molar-refractivity contribution in [3.8, 4) is 11.5 Å². The fourth-order valence-corrected chi connectivity index (χ4v) is 2.96. The maximum absolute atomic E-state index is 13.8. The van der Waals surface area contributed by atoms with Crippen molar-refractivity contribution >= 4 is 22.2 Å². The van der Waals surface area contributed by atoms with E-state index in [9.17, 15) is 26.4 Å². The molecule has 0 aliphatic carbocycles. The topological polar surface area (TPSA) is 78.9 Å². The maximum Gasteiger partial charge on any atom is 0.342 e. The van der Waals surface area contributed by atoms with Gasteiger partial charge in [-0.3, -0.25) is 0 Å². The van der Waals surface area contributed by atoms with Gasteiger partial charge in [0.05, 0.1) is 14.2 Å². The maximum atomic E-state index is 13.8. The molecule has 0 aliphatic rings. The SMILES string of the molecule is COC(=O)C=Cc1ccc(OS(=O)(=O)c2ccc(F)c(F)c2F)c(OC)c1. The van der Waals surface area contributed by atoms with Crippen LogP contribution in [-0.2, 0) is 19.6 Å². The van der Waals surface area contributed by atoms with Gasteiger partial charge in [0, 0.05) is 6.08 Å². The van der Waals surface area contributed by atoms with Crippen LogP contribution in [0.5, 0.6) is 11.5 Å². The highest BCUT2D eigenvalue weighted by Gasteiger charge is 2.27. The number of methoxy groups -OCH3 is 2. The van der Waals surface area contributed by atoms with E-state index in [4.69, 9.17) is 8.92 Å². The third-order valence-electron chi connectivity index (χ3n) is 3.27. The molecule has 6 nitrogen and oxygen atoms in total. The molecule has 2 aromatic carbocycles. The van der Waals surface area contributed by atoms with Crippen molar-refractivity contribution in [2.75, 3.05) is 14.2 Å². The number of carbonyl (C=O) groups is 1. The molecule has 0 bridgehead atoms. The minimum absolute atomic E-state index is 0.0615. The lowest BCUT2D eigenvalue weighted by molar-refractivity contribution is -0.134. The summed E-state index contributed by atoms with van der Waals surface area (Å²) in [5.74, 6) is -6.36. The molecule has 2 aromatic rings. The summed E-state index contributed by atoms with van der Waals surface area (Å²) < 4.78 is 78.7. The second kappa shape index (κ2) is 8.12. The molecule has 0 aromatic heterocycles. The van der Waals surface area contributed by atoms with Crippen molar-refractivity contribution in [2.45, 2.75) is 4.90 Å². The smallest absolute Gasteiger partial charge is 0.342 e. The van der Waals surface area contributed by atoms with Gasteiger partial charge in [-0.1, -0.05) is 6.07 Å². The highest BCUT2D eigenvalue weighted by molar-refractivity contribution is 7.87. The molecule has 0 spiro atoms. The van der Waals surface area contributed by atoms with E-state index < -0.39 is 38.4 Å². The molecular weight excluding hydrogens is 389 g/mol. The van der Waals surface area contributed by atoms with Gasteiger partial charge in [-0.2, -0.15) is 8.42 Å². The molecule has 0 N–H and O–H groups in total. The van der Waals surface area contributed by atoms with Crippen LogP contribution in [0.3, 0.4) is 0 Å². The van der Waals surface area contributed by atoms with Crippen molar-refractivity contribution < 1.29 is 40.0 Å². The molecule has 144 valence electrons. The normalized spacial score (nSPS) is 11.4. The number of carbonyl (C=O) groups excluding carboxylic acids is 1. The first kappa shape index (κ1) is 20.3. The van der Waals surface area contributed by atoms with E-state index in [1.807, 2.05) is 0 Å². The molecular formula is C17H13F3O6S. The predicted octanol–water partition coefficient (Wildman–Crippen LogP) is 3.07. The molecule has 2 rings (SSSR count). The standard InChI is InChI=1S/C17H13F3O6S/c1-24-13-9-10(4-8-15(21)25-2)3-6-12(13)26-27(22,23)14-7-5-11(18)16(19)17(14)20/h3-9H,1-2H3. The first-order chi connectivity index (χ1) is 12.7. The van der Waals surface area contributed by atoms with Gasteiger partial charge in [-0.15, -0.1) is 0 Å². The molecule has 27 heavy (non-hydrogen) atoms. The number of rotatable bonds is 6. The Morgan fingerprint density at radius 3 is 2.33 bits per heavy atom. The Kier molecular flexibility index (Phi) is 6.11. The highest BCUT2D eigenvalue weighted by Crippen LogP contribution is 2.32. The van der Waals surface area contributed by atoms with Gasteiger partial charge in [0.25, 0.3) is 0 Å². The van der Waals surface area contributed by atoms with E-state index in [-0.39, 0.29) is 11.5 Å². The molecule has 0 fully saturated rings. The van der Waals surface area contributed by atoms with Crippen LogP contribution >= 0.6 is 0 Å². The van der Waals surface area contributed by atoms with Crippen molar-refractivity contribution in [2.24, 2.45) is 0 Å². The number of halogens is 3. The second-order valence-electron chi connectivity index (χ2n) is 4.98. The van der Waals surface area contributed by atoms with E-state index in [1.54, 1.807) is 0 Å². The summed E-state index contributed by atoms with van der Waals surface area (Å²) >= 11 is 0. The molecule has 10 heteroatoms. The van der Waals surface area contributed by atoms with E-state index >= 15 is 0 Å². The van der Waals surface area contributed by atoms with Crippen molar-refractivity contribution in [1.82, 2.24) is 0 Å². The highest BCUT2D eigenvalue weighted by atomic mass is 32.2. The summed E-state index contributed by atoms with van der Waals surface area (Å²) in [4.78, 5) is 9.93. The lowest BCUT2D eigenvalue weighted by Crippen LogP contribution is -2.13. The van der Waals surface area contributed by atoms with Crippen LogP contribution in [0.15, 0.2) is 41.3 Å². The minimum atomic E-state index is -4.81. The second-order valence-corrected chi connectivity index (χ2v) is 6.49. The predicted molar refractivity (Wildman–Crippen MR) is 88.2 cm³/mol. The summed E-state index contributed by atoms with van der Waals surface area (Å²) in [7, 11) is -2.39. The Morgan fingerprint density at radius 2 is 1.70 bits per heavy atom. The molecule has 0 aliphatic heterocycles. The zero-order valence-electron chi connectivity index (χ0n) is 14.0. The quantitative estimate of drug-likeness (QED) is 0.320. The first-order valence-electron chi connectivity index (χ1n) is 7.21. The van der Waals surface area contributed by atoms with Crippen LogP contribution < -0.4 is 8.92 Å². The summed E-state index contributed by atoms with van der Waals surface area (Å²) in [5, 5.41) is 0. The van der Waals surface area contributed by atoms with Gasteiger partial charge in [0.1, 0.15) is 4.90 Å². The summed E-state index contributed by atoms with van der Waals surface area (Å²) in [6.07, 6.45) is 2.50. The number of ether oxygens (including phenoxy) is 2. The summed E-state index contributed by atoms with van der Waals surface area (Å²) in [5.41, 5.74) is 0.445. The van der Waals surface area contributed by atoms with Gasteiger partial charge in [0.15, 0.2) is 29.0 Å². The van der Waals surface area contributed by atoms with E-state index in [1.165, 1.54) is 38.5 Å². The summed E-state index contributed by atoms with van der Waals surface area (Å²) in [6, 6.07) is 4.92. The van der Waals surface area contributed by atoms with Crippen LogP contribution in [0.1, 0.15) is 5.56 Å². The molecule has 0 heterocycles. The Labute approximate surface area is 152 Å². The number of hydrogen-bond acceptors (Lipinski definition) is 6.